The predicted molar refractivity (Wildman–Crippen MR) is 77.8 cm³/mol. The number of likely N-dealkylation sites (tertiary alicyclic amines) is 1. The zero-order valence-electron chi connectivity index (χ0n) is 12.7. The van der Waals surface area contributed by atoms with Gasteiger partial charge in [0.2, 0.25) is 5.91 Å². The lowest BCUT2D eigenvalue weighted by atomic mass is 9.75. The predicted octanol–water partition coefficient (Wildman–Crippen LogP) is 1.45. The maximum absolute atomic E-state index is 12.4. The van der Waals surface area contributed by atoms with Crippen molar-refractivity contribution in [1.82, 2.24) is 9.80 Å². The van der Waals surface area contributed by atoms with Crippen LogP contribution in [0.1, 0.15) is 46.0 Å². The molecule has 0 spiro atoms. The Morgan fingerprint density at radius 1 is 1.47 bits per heavy atom. The Hall–Kier alpha value is -0.610. The molecule has 1 saturated carbocycles. The van der Waals surface area contributed by atoms with Crippen LogP contribution < -0.4 is 5.73 Å². The van der Waals surface area contributed by atoms with Crippen molar-refractivity contribution in [2.24, 2.45) is 11.7 Å². The Morgan fingerprint density at radius 2 is 2.16 bits per heavy atom. The van der Waals surface area contributed by atoms with Crippen LogP contribution in [0.3, 0.4) is 0 Å². The fourth-order valence-electron chi connectivity index (χ4n) is 3.50. The van der Waals surface area contributed by atoms with Crippen molar-refractivity contribution in [3.8, 4) is 0 Å². The van der Waals surface area contributed by atoms with Crippen LogP contribution in [0.25, 0.3) is 0 Å². The fraction of sp³-hybridized carbons (Fsp3) is 0.933. The second kappa shape index (κ2) is 5.80. The van der Waals surface area contributed by atoms with Gasteiger partial charge in [0.25, 0.3) is 0 Å². The number of amides is 1. The Balaban J connectivity index is 1.88. The number of carbonyl (C=O) groups excluding carboxylic acids is 1. The summed E-state index contributed by atoms with van der Waals surface area (Å²) in [6.45, 7) is 7.79. The van der Waals surface area contributed by atoms with Crippen molar-refractivity contribution >= 4 is 5.91 Å². The van der Waals surface area contributed by atoms with E-state index in [-0.39, 0.29) is 11.4 Å². The Bertz CT molecular complexity index is 327. The minimum atomic E-state index is -0.196. The van der Waals surface area contributed by atoms with E-state index in [1.807, 2.05) is 11.9 Å². The Kier molecular flexibility index (Phi) is 4.51. The summed E-state index contributed by atoms with van der Waals surface area (Å²) in [7, 11) is 1.97. The Labute approximate surface area is 117 Å². The van der Waals surface area contributed by atoms with Gasteiger partial charge in [0.15, 0.2) is 0 Å². The van der Waals surface area contributed by atoms with E-state index in [2.05, 4.69) is 18.7 Å². The third-order valence-corrected chi connectivity index (χ3v) is 5.13. The summed E-state index contributed by atoms with van der Waals surface area (Å²) in [4.78, 5) is 16.8. The van der Waals surface area contributed by atoms with Gasteiger partial charge in [-0.05, 0) is 38.1 Å². The number of hydrogen-bond donors (Lipinski definition) is 1. The summed E-state index contributed by atoms with van der Waals surface area (Å²) in [6.07, 6.45) is 4.82. The summed E-state index contributed by atoms with van der Waals surface area (Å²) in [5, 5.41) is 0. The van der Waals surface area contributed by atoms with Crippen LogP contribution in [0.4, 0.5) is 0 Å². The summed E-state index contributed by atoms with van der Waals surface area (Å²) in [5.74, 6) is 0.793. The molecule has 1 aliphatic carbocycles. The molecule has 0 aromatic heterocycles. The zero-order valence-corrected chi connectivity index (χ0v) is 12.7. The van der Waals surface area contributed by atoms with Crippen LogP contribution in [0.5, 0.6) is 0 Å². The second-order valence-corrected chi connectivity index (χ2v) is 6.62. The largest absolute Gasteiger partial charge is 0.342 e. The van der Waals surface area contributed by atoms with Crippen LogP contribution in [0.15, 0.2) is 0 Å². The van der Waals surface area contributed by atoms with Gasteiger partial charge in [-0.3, -0.25) is 4.79 Å². The highest BCUT2D eigenvalue weighted by Crippen LogP contribution is 2.33. The molecule has 0 radical (unpaired) electrons. The number of rotatable bonds is 4. The van der Waals surface area contributed by atoms with Crippen molar-refractivity contribution in [2.75, 3.05) is 26.7 Å². The molecule has 1 aliphatic heterocycles. The number of hydrogen-bond acceptors (Lipinski definition) is 3. The molecule has 1 amide bonds. The molecule has 0 aromatic carbocycles. The summed E-state index contributed by atoms with van der Waals surface area (Å²) >= 11 is 0. The van der Waals surface area contributed by atoms with Crippen LogP contribution >= 0.6 is 0 Å². The SMILES string of the molecule is CCN1CCC(N(C)C(=O)CC2(N)CCC2)C(C)C1. The normalized spacial score (nSPS) is 30.7. The van der Waals surface area contributed by atoms with E-state index in [4.69, 9.17) is 5.73 Å². The van der Waals surface area contributed by atoms with E-state index >= 15 is 0 Å². The number of carbonyl (C=O) groups is 1. The summed E-state index contributed by atoms with van der Waals surface area (Å²) in [6, 6.07) is 0.388. The van der Waals surface area contributed by atoms with E-state index in [1.165, 1.54) is 6.42 Å². The molecule has 2 N–H and O–H groups in total. The first kappa shape index (κ1) is 14.8. The molecular weight excluding hydrogens is 238 g/mol. The van der Waals surface area contributed by atoms with E-state index in [1.54, 1.807) is 0 Å². The molecular formula is C15H29N3O. The van der Waals surface area contributed by atoms with Gasteiger partial charge in [0, 0.05) is 38.1 Å². The third kappa shape index (κ3) is 3.29. The molecule has 0 aromatic rings. The molecule has 1 heterocycles. The smallest absolute Gasteiger partial charge is 0.224 e. The molecule has 4 heteroatoms. The summed E-state index contributed by atoms with van der Waals surface area (Å²) in [5.41, 5.74) is 6.00. The van der Waals surface area contributed by atoms with Crippen molar-refractivity contribution in [1.29, 1.82) is 0 Å². The van der Waals surface area contributed by atoms with Gasteiger partial charge in [-0.15, -0.1) is 0 Å². The molecule has 2 rings (SSSR count). The fourth-order valence-corrected chi connectivity index (χ4v) is 3.50. The van der Waals surface area contributed by atoms with Crippen molar-refractivity contribution < 1.29 is 4.79 Å². The average Bonchev–Trinajstić information content (AvgIpc) is 2.35. The quantitative estimate of drug-likeness (QED) is 0.838. The van der Waals surface area contributed by atoms with Gasteiger partial charge < -0.3 is 15.5 Å². The first-order valence-electron chi connectivity index (χ1n) is 7.72. The topological polar surface area (TPSA) is 49.6 Å². The molecule has 2 unspecified atom stereocenters. The summed E-state index contributed by atoms with van der Waals surface area (Å²) < 4.78 is 0. The lowest BCUT2D eigenvalue weighted by Crippen LogP contribution is -2.54. The minimum absolute atomic E-state index is 0.196. The Morgan fingerprint density at radius 3 is 2.63 bits per heavy atom. The third-order valence-electron chi connectivity index (χ3n) is 5.13. The first-order valence-corrected chi connectivity index (χ1v) is 7.72. The van der Waals surface area contributed by atoms with Crippen LogP contribution in [-0.2, 0) is 4.79 Å². The van der Waals surface area contributed by atoms with Crippen LogP contribution in [0.2, 0.25) is 0 Å². The maximum atomic E-state index is 12.4. The monoisotopic (exact) mass is 267 g/mol. The highest BCUT2D eigenvalue weighted by Gasteiger charge is 2.38. The van der Waals surface area contributed by atoms with Gasteiger partial charge >= 0.3 is 0 Å². The molecule has 1 saturated heterocycles. The first-order chi connectivity index (χ1) is 8.95. The van der Waals surface area contributed by atoms with Crippen LogP contribution in [0, 0.1) is 5.92 Å². The van der Waals surface area contributed by atoms with E-state index in [0.717, 1.165) is 38.9 Å². The molecule has 0 bridgehead atoms. The molecule has 2 fully saturated rings. The lowest BCUT2D eigenvalue weighted by molar-refractivity contribution is -0.136. The lowest BCUT2D eigenvalue weighted by Gasteiger charge is -2.43. The average molecular weight is 267 g/mol. The molecule has 2 atom stereocenters. The maximum Gasteiger partial charge on any atom is 0.224 e. The molecule has 19 heavy (non-hydrogen) atoms. The van der Waals surface area contributed by atoms with E-state index < -0.39 is 0 Å². The van der Waals surface area contributed by atoms with Crippen LogP contribution in [-0.4, -0.2) is 54.0 Å². The van der Waals surface area contributed by atoms with Gasteiger partial charge in [0.1, 0.15) is 0 Å². The highest BCUT2D eigenvalue weighted by molar-refractivity contribution is 5.77. The van der Waals surface area contributed by atoms with Gasteiger partial charge in [-0.1, -0.05) is 13.8 Å². The number of nitrogens with two attached hydrogens (primary N) is 1. The molecule has 2 aliphatic rings. The van der Waals surface area contributed by atoms with E-state index in [9.17, 15) is 4.79 Å². The van der Waals surface area contributed by atoms with Crippen molar-refractivity contribution in [2.45, 2.75) is 57.5 Å². The highest BCUT2D eigenvalue weighted by atomic mass is 16.2. The zero-order chi connectivity index (χ0) is 14.0. The van der Waals surface area contributed by atoms with Crippen molar-refractivity contribution in [3.05, 3.63) is 0 Å². The molecule has 4 nitrogen and oxygen atoms in total. The standard InChI is InChI=1S/C15H29N3O/c1-4-18-9-6-13(12(2)11-18)17(3)14(19)10-15(16)7-5-8-15/h12-13H,4-11,16H2,1-3H3. The van der Waals surface area contributed by atoms with Gasteiger partial charge in [-0.2, -0.15) is 0 Å². The second-order valence-electron chi connectivity index (χ2n) is 6.62. The number of piperidine rings is 1. The van der Waals surface area contributed by atoms with Gasteiger partial charge in [-0.25, -0.2) is 0 Å². The molecule has 110 valence electrons. The van der Waals surface area contributed by atoms with Crippen molar-refractivity contribution in [3.63, 3.8) is 0 Å². The van der Waals surface area contributed by atoms with Gasteiger partial charge in [0.05, 0.1) is 0 Å². The number of nitrogens with zero attached hydrogens (tertiary/aromatic N) is 2. The minimum Gasteiger partial charge on any atom is -0.342 e. The van der Waals surface area contributed by atoms with E-state index in [0.29, 0.717) is 18.4 Å².